The molecule has 0 unspecified atom stereocenters. The molecule has 0 aromatic rings. The number of hydrogen-bond acceptors (Lipinski definition) is 3. The molecule has 0 aliphatic heterocycles. The Balaban J connectivity index is 4.55. The first-order valence-electron chi connectivity index (χ1n) is 3.24. The summed E-state index contributed by atoms with van der Waals surface area (Å²) in [6.07, 6.45) is 0. The molecule has 0 saturated carbocycles. The lowest BCUT2D eigenvalue weighted by molar-refractivity contribution is -0.133. The monoisotopic (exact) mass is 173 g/mol. The quantitative estimate of drug-likeness (QED) is 0.468. The van der Waals surface area contributed by atoms with Crippen LogP contribution in [-0.4, -0.2) is 24.1 Å². The largest absolute Gasteiger partial charge is 0.478 e. The van der Waals surface area contributed by atoms with Gasteiger partial charge < -0.3 is 5.11 Å². The van der Waals surface area contributed by atoms with Gasteiger partial charge in [0.15, 0.2) is 0 Å². The molecule has 0 heterocycles. The predicted molar refractivity (Wildman–Crippen MR) is 41.2 cm³/mol. The van der Waals surface area contributed by atoms with Crippen LogP contribution in [0, 0.1) is 0 Å². The summed E-state index contributed by atoms with van der Waals surface area (Å²) in [5, 5.41) is 8.49. The van der Waals surface area contributed by atoms with Crippen LogP contribution < -0.4 is 5.48 Å². The highest BCUT2D eigenvalue weighted by Gasteiger charge is 2.11. The van der Waals surface area contributed by atoms with Crippen molar-refractivity contribution in [3.8, 4) is 0 Å². The fourth-order valence-corrected chi connectivity index (χ4v) is 0.500. The normalized spacial score (nSPS) is 11.9. The Bertz CT molecular complexity index is 232. The third kappa shape index (κ3) is 2.71. The van der Waals surface area contributed by atoms with Crippen LogP contribution in [0.15, 0.2) is 11.1 Å². The van der Waals surface area contributed by atoms with E-state index in [1.54, 1.807) is 0 Å². The zero-order chi connectivity index (χ0) is 9.72. The lowest BCUT2D eigenvalue weighted by Crippen LogP contribution is -2.24. The molecule has 0 fully saturated rings. The van der Waals surface area contributed by atoms with Crippen LogP contribution in [0.1, 0.15) is 13.8 Å². The summed E-state index contributed by atoms with van der Waals surface area (Å²) in [4.78, 5) is 25.6. The topological polar surface area (TPSA) is 75.6 Å². The molecule has 0 aromatic carbocycles. The minimum atomic E-state index is -1.11. The number of amides is 1. The van der Waals surface area contributed by atoms with Crippen LogP contribution in [0.5, 0.6) is 0 Å². The Morgan fingerprint density at radius 2 is 1.75 bits per heavy atom. The molecule has 0 bridgehead atoms. The summed E-state index contributed by atoms with van der Waals surface area (Å²) < 4.78 is 0. The smallest absolute Gasteiger partial charge is 0.331 e. The van der Waals surface area contributed by atoms with E-state index in [-0.39, 0.29) is 11.1 Å². The summed E-state index contributed by atoms with van der Waals surface area (Å²) in [6, 6.07) is 0. The maximum absolute atomic E-state index is 10.9. The van der Waals surface area contributed by atoms with Gasteiger partial charge in [0.1, 0.15) is 0 Å². The van der Waals surface area contributed by atoms with Crippen molar-refractivity contribution in [1.82, 2.24) is 5.48 Å². The van der Waals surface area contributed by atoms with E-state index < -0.39 is 11.9 Å². The Labute approximate surface area is 70.0 Å². The highest BCUT2D eigenvalue weighted by molar-refractivity contribution is 6.00. The molecule has 0 radical (unpaired) electrons. The van der Waals surface area contributed by atoms with Gasteiger partial charge in [0.25, 0.3) is 5.91 Å². The molecule has 0 aromatic heterocycles. The number of hydrogen-bond donors (Lipinski definition) is 2. The number of nitrogens with one attached hydrogen (secondary N) is 1. The summed E-state index contributed by atoms with van der Waals surface area (Å²) in [5.74, 6) is -1.66. The van der Waals surface area contributed by atoms with Gasteiger partial charge in [-0.3, -0.25) is 9.63 Å². The third-order valence-electron chi connectivity index (χ3n) is 1.42. The van der Waals surface area contributed by atoms with Gasteiger partial charge in [-0.1, -0.05) is 0 Å². The second-order valence-electron chi connectivity index (χ2n) is 2.19. The van der Waals surface area contributed by atoms with E-state index in [1.807, 2.05) is 5.48 Å². The summed E-state index contributed by atoms with van der Waals surface area (Å²) in [7, 11) is 1.28. The molecular formula is C7H11NO4. The van der Waals surface area contributed by atoms with Gasteiger partial charge in [-0.2, -0.15) is 0 Å². The van der Waals surface area contributed by atoms with Crippen LogP contribution >= 0.6 is 0 Å². The number of aliphatic carboxylic acids is 1. The molecule has 0 atom stereocenters. The molecule has 1 amide bonds. The second kappa shape index (κ2) is 4.50. The van der Waals surface area contributed by atoms with E-state index in [9.17, 15) is 9.59 Å². The lowest BCUT2D eigenvalue weighted by Gasteiger charge is -2.03. The second-order valence-corrected chi connectivity index (χ2v) is 2.19. The summed E-state index contributed by atoms with van der Waals surface area (Å²) in [6.45, 7) is 2.77. The standard InChI is InChI=1S/C7H11NO4/c1-4(5(2)7(10)11)6(9)8-12-3/h1-3H3,(H,8,9)(H,10,11). The highest BCUT2D eigenvalue weighted by Crippen LogP contribution is 2.02. The van der Waals surface area contributed by atoms with Crippen molar-refractivity contribution < 1.29 is 19.5 Å². The van der Waals surface area contributed by atoms with E-state index in [4.69, 9.17) is 5.11 Å². The number of hydroxylamine groups is 1. The average Bonchev–Trinajstić information content (AvgIpc) is 2.02. The number of rotatable bonds is 3. The molecule has 68 valence electrons. The van der Waals surface area contributed by atoms with Crippen molar-refractivity contribution in [2.45, 2.75) is 13.8 Å². The molecule has 0 saturated heterocycles. The first-order chi connectivity index (χ1) is 5.50. The minimum Gasteiger partial charge on any atom is -0.478 e. The minimum absolute atomic E-state index is 0.00421. The Morgan fingerprint density at radius 3 is 2.08 bits per heavy atom. The Hall–Kier alpha value is -1.36. The predicted octanol–water partition coefficient (Wildman–Crippen LogP) is 0.0850. The van der Waals surface area contributed by atoms with Crippen molar-refractivity contribution in [1.29, 1.82) is 0 Å². The van der Waals surface area contributed by atoms with E-state index in [2.05, 4.69) is 4.84 Å². The molecule has 0 spiro atoms. The van der Waals surface area contributed by atoms with Crippen molar-refractivity contribution in [3.05, 3.63) is 11.1 Å². The Morgan fingerprint density at radius 1 is 1.25 bits per heavy atom. The number of carboxylic acid groups (broad SMARTS) is 1. The molecule has 0 rings (SSSR count). The van der Waals surface area contributed by atoms with E-state index >= 15 is 0 Å². The van der Waals surface area contributed by atoms with Crippen LogP contribution in [-0.2, 0) is 14.4 Å². The summed E-state index contributed by atoms with van der Waals surface area (Å²) >= 11 is 0. The number of carbonyl (C=O) groups is 2. The zero-order valence-corrected chi connectivity index (χ0v) is 7.17. The van der Waals surface area contributed by atoms with Gasteiger partial charge in [0.2, 0.25) is 0 Å². The van der Waals surface area contributed by atoms with Crippen molar-refractivity contribution >= 4 is 11.9 Å². The Kier molecular flexibility index (Phi) is 3.99. The molecular weight excluding hydrogens is 162 g/mol. The van der Waals surface area contributed by atoms with Gasteiger partial charge >= 0.3 is 5.97 Å². The van der Waals surface area contributed by atoms with E-state index in [0.717, 1.165) is 0 Å². The van der Waals surface area contributed by atoms with Gasteiger partial charge in [-0.15, -0.1) is 0 Å². The van der Waals surface area contributed by atoms with Crippen LogP contribution in [0.2, 0.25) is 0 Å². The van der Waals surface area contributed by atoms with Crippen molar-refractivity contribution in [2.24, 2.45) is 0 Å². The maximum Gasteiger partial charge on any atom is 0.331 e. The van der Waals surface area contributed by atoms with Gasteiger partial charge in [-0.05, 0) is 13.8 Å². The molecule has 12 heavy (non-hydrogen) atoms. The first kappa shape index (κ1) is 10.6. The molecule has 0 aliphatic carbocycles. The van der Waals surface area contributed by atoms with Crippen LogP contribution in [0.4, 0.5) is 0 Å². The SMILES string of the molecule is CONC(=O)C(C)=C(C)C(=O)O. The van der Waals surface area contributed by atoms with E-state index in [1.165, 1.54) is 21.0 Å². The van der Waals surface area contributed by atoms with Crippen molar-refractivity contribution in [2.75, 3.05) is 7.11 Å². The maximum atomic E-state index is 10.9. The zero-order valence-electron chi connectivity index (χ0n) is 7.17. The van der Waals surface area contributed by atoms with Gasteiger partial charge in [0.05, 0.1) is 7.11 Å². The third-order valence-corrected chi connectivity index (χ3v) is 1.42. The van der Waals surface area contributed by atoms with Crippen molar-refractivity contribution in [3.63, 3.8) is 0 Å². The highest BCUT2D eigenvalue weighted by atomic mass is 16.6. The van der Waals surface area contributed by atoms with Crippen LogP contribution in [0.3, 0.4) is 0 Å². The molecule has 5 nitrogen and oxygen atoms in total. The van der Waals surface area contributed by atoms with Gasteiger partial charge in [-0.25, -0.2) is 10.3 Å². The summed E-state index contributed by atoms with van der Waals surface area (Å²) in [5.41, 5.74) is 2.15. The fraction of sp³-hybridized carbons (Fsp3) is 0.429. The average molecular weight is 173 g/mol. The molecule has 2 N–H and O–H groups in total. The van der Waals surface area contributed by atoms with Gasteiger partial charge in [0, 0.05) is 11.1 Å². The number of carbonyl (C=O) groups excluding carboxylic acids is 1. The molecule has 0 aliphatic rings. The van der Waals surface area contributed by atoms with E-state index in [0.29, 0.717) is 0 Å². The van der Waals surface area contributed by atoms with Crippen LogP contribution in [0.25, 0.3) is 0 Å². The fourth-order valence-electron chi connectivity index (χ4n) is 0.500. The molecule has 5 heteroatoms. The lowest BCUT2D eigenvalue weighted by atomic mass is 10.1. The number of carboxylic acids is 1. The first-order valence-corrected chi connectivity index (χ1v) is 3.24.